The van der Waals surface area contributed by atoms with Crippen molar-refractivity contribution in [1.29, 1.82) is 0 Å². The molecule has 34 heavy (non-hydrogen) atoms. The highest BCUT2D eigenvalue weighted by Gasteiger charge is 2.20. The zero-order chi connectivity index (χ0) is 24.0. The van der Waals surface area contributed by atoms with E-state index >= 15 is 0 Å². The van der Waals surface area contributed by atoms with Gasteiger partial charge < -0.3 is 5.32 Å². The topological polar surface area (TPSA) is 90.4 Å². The second kappa shape index (κ2) is 8.59. The summed E-state index contributed by atoms with van der Waals surface area (Å²) < 4.78 is 4.19. The summed E-state index contributed by atoms with van der Waals surface area (Å²) in [4.78, 5) is 39.4. The van der Waals surface area contributed by atoms with Crippen molar-refractivity contribution in [1.82, 2.24) is 24.1 Å². The van der Waals surface area contributed by atoms with E-state index in [4.69, 9.17) is 0 Å². The van der Waals surface area contributed by atoms with Crippen molar-refractivity contribution in [2.45, 2.75) is 58.5 Å². The van der Waals surface area contributed by atoms with Crippen LogP contribution in [0.25, 0.3) is 16.7 Å². The second-order valence-electron chi connectivity index (χ2n) is 9.41. The number of nitrogens with one attached hydrogen (secondary N) is 1. The van der Waals surface area contributed by atoms with E-state index in [2.05, 4.69) is 10.4 Å². The van der Waals surface area contributed by atoms with Crippen LogP contribution in [0.3, 0.4) is 0 Å². The Kier molecular flexibility index (Phi) is 5.59. The highest BCUT2D eigenvalue weighted by Crippen LogP contribution is 2.19. The molecule has 5 rings (SSSR count). The van der Waals surface area contributed by atoms with Crippen molar-refractivity contribution < 1.29 is 4.79 Å². The minimum Gasteiger partial charge on any atom is -0.349 e. The van der Waals surface area contributed by atoms with Crippen LogP contribution in [0, 0.1) is 13.8 Å². The van der Waals surface area contributed by atoms with Crippen LogP contribution >= 0.6 is 0 Å². The monoisotopic (exact) mass is 459 g/mol. The number of rotatable bonds is 4. The predicted octanol–water partition coefficient (Wildman–Crippen LogP) is 3.08. The third-order valence-corrected chi connectivity index (χ3v) is 6.92. The maximum absolute atomic E-state index is 13.5. The van der Waals surface area contributed by atoms with Gasteiger partial charge in [-0.2, -0.15) is 0 Å². The van der Waals surface area contributed by atoms with Crippen LogP contribution in [0.1, 0.15) is 59.2 Å². The Morgan fingerprint density at radius 2 is 1.82 bits per heavy atom. The van der Waals surface area contributed by atoms with E-state index in [1.54, 1.807) is 25.2 Å². The zero-order valence-corrected chi connectivity index (χ0v) is 19.8. The fraction of sp³-hybridized carbons (Fsp3) is 0.385. The minimum absolute atomic E-state index is 0.170. The van der Waals surface area contributed by atoms with Crippen LogP contribution in [0.4, 0.5) is 0 Å². The van der Waals surface area contributed by atoms with Gasteiger partial charge in [-0.25, -0.2) is 13.9 Å². The highest BCUT2D eigenvalue weighted by molar-refractivity contribution is 5.98. The zero-order valence-electron chi connectivity index (χ0n) is 19.8. The molecule has 1 saturated carbocycles. The average Bonchev–Trinajstić information content (AvgIpc) is 3.16. The Balaban J connectivity index is 1.62. The van der Waals surface area contributed by atoms with Gasteiger partial charge >= 0.3 is 5.69 Å². The highest BCUT2D eigenvalue weighted by atomic mass is 16.2. The standard InChI is InChI=1S/C26H29N5O3/c1-16-9-10-17(2)19(13-16)15-30-26(34)31-22-14-18(23(32)27-20-7-5-4-6-8-20)11-12-21(22)24(33)29(3)25(31)28-30/h9-14,20H,4-8,15H2,1-3H3,(H,27,32). The summed E-state index contributed by atoms with van der Waals surface area (Å²) in [7, 11) is 1.61. The normalized spacial score (nSPS) is 14.7. The van der Waals surface area contributed by atoms with Gasteiger partial charge in [0.1, 0.15) is 0 Å². The maximum atomic E-state index is 13.5. The Hall–Kier alpha value is -3.68. The number of aryl methyl sites for hydroxylation is 3. The van der Waals surface area contributed by atoms with Crippen molar-refractivity contribution in [3.05, 3.63) is 79.5 Å². The fourth-order valence-corrected chi connectivity index (χ4v) is 4.89. The van der Waals surface area contributed by atoms with Gasteiger partial charge in [0.15, 0.2) is 0 Å². The molecule has 1 amide bonds. The molecule has 0 atom stereocenters. The number of aromatic nitrogens is 4. The number of nitrogens with zero attached hydrogens (tertiary/aromatic N) is 4. The van der Waals surface area contributed by atoms with Gasteiger partial charge in [0, 0.05) is 18.7 Å². The average molecular weight is 460 g/mol. The number of fused-ring (bicyclic) bond motifs is 3. The number of amides is 1. The summed E-state index contributed by atoms with van der Waals surface area (Å²) >= 11 is 0. The number of hydrogen-bond acceptors (Lipinski definition) is 4. The van der Waals surface area contributed by atoms with Gasteiger partial charge in [0.25, 0.3) is 11.5 Å². The molecule has 2 heterocycles. The lowest BCUT2D eigenvalue weighted by Crippen LogP contribution is -2.36. The van der Waals surface area contributed by atoms with Gasteiger partial charge in [-0.15, -0.1) is 5.10 Å². The van der Waals surface area contributed by atoms with Crippen molar-refractivity contribution in [3.63, 3.8) is 0 Å². The van der Waals surface area contributed by atoms with Crippen LogP contribution in [-0.4, -0.2) is 30.7 Å². The van der Waals surface area contributed by atoms with E-state index in [1.807, 2.05) is 32.0 Å². The van der Waals surface area contributed by atoms with Gasteiger partial charge in [-0.05, 0) is 56.0 Å². The molecular weight excluding hydrogens is 430 g/mol. The Bertz CT molecular complexity index is 1540. The minimum atomic E-state index is -0.346. The molecule has 1 aliphatic carbocycles. The van der Waals surface area contributed by atoms with Crippen molar-refractivity contribution in [3.8, 4) is 0 Å². The number of carbonyl (C=O) groups excluding carboxylic acids is 1. The first-order valence-corrected chi connectivity index (χ1v) is 11.8. The molecule has 2 aromatic heterocycles. The fourth-order valence-electron chi connectivity index (χ4n) is 4.89. The summed E-state index contributed by atoms with van der Waals surface area (Å²) in [6, 6.07) is 11.2. The number of carbonyl (C=O) groups is 1. The van der Waals surface area contributed by atoms with Gasteiger partial charge in [-0.1, -0.05) is 43.0 Å². The van der Waals surface area contributed by atoms with E-state index < -0.39 is 0 Å². The Morgan fingerprint density at radius 1 is 1.06 bits per heavy atom. The molecule has 0 bridgehead atoms. The van der Waals surface area contributed by atoms with Crippen LogP contribution in [-0.2, 0) is 13.6 Å². The van der Waals surface area contributed by atoms with Gasteiger partial charge in [0.2, 0.25) is 5.78 Å². The third-order valence-electron chi connectivity index (χ3n) is 6.92. The lowest BCUT2D eigenvalue weighted by molar-refractivity contribution is 0.0928. The van der Waals surface area contributed by atoms with Crippen LogP contribution < -0.4 is 16.6 Å². The molecule has 0 saturated heterocycles. The molecule has 0 aliphatic heterocycles. The quantitative estimate of drug-likeness (QED) is 0.508. The first kappa shape index (κ1) is 22.1. The molecule has 176 valence electrons. The van der Waals surface area contributed by atoms with E-state index in [0.717, 1.165) is 42.4 Å². The SMILES string of the molecule is Cc1ccc(C)c(Cn2nc3n(C)c(=O)c4ccc(C(=O)NC5CCCCC5)cc4n3c2=O)c1. The number of hydrogen-bond donors (Lipinski definition) is 1. The smallest absolute Gasteiger partial charge is 0.349 e. The molecule has 0 unspecified atom stereocenters. The molecule has 0 radical (unpaired) electrons. The van der Waals surface area contributed by atoms with Crippen LogP contribution in [0.2, 0.25) is 0 Å². The Morgan fingerprint density at radius 3 is 2.59 bits per heavy atom. The van der Waals surface area contributed by atoms with Crippen molar-refractivity contribution in [2.75, 3.05) is 0 Å². The largest absolute Gasteiger partial charge is 0.352 e. The molecule has 1 fully saturated rings. The molecule has 0 spiro atoms. The first-order chi connectivity index (χ1) is 16.3. The molecule has 8 heteroatoms. The van der Waals surface area contributed by atoms with E-state index in [9.17, 15) is 14.4 Å². The Labute approximate surface area is 196 Å². The summed E-state index contributed by atoms with van der Waals surface area (Å²) in [6.07, 6.45) is 5.41. The van der Waals surface area contributed by atoms with Crippen molar-refractivity contribution in [2.24, 2.45) is 7.05 Å². The summed E-state index contributed by atoms with van der Waals surface area (Å²) in [5.41, 5.74) is 3.38. The third kappa shape index (κ3) is 3.83. The number of benzene rings is 2. The van der Waals surface area contributed by atoms with E-state index in [-0.39, 0.29) is 29.0 Å². The van der Waals surface area contributed by atoms with Gasteiger partial charge in [-0.3, -0.25) is 14.2 Å². The van der Waals surface area contributed by atoms with Gasteiger partial charge in [0.05, 0.1) is 17.4 Å². The molecule has 8 nitrogen and oxygen atoms in total. The maximum Gasteiger partial charge on any atom is 0.352 e. The molecule has 1 N–H and O–H groups in total. The lowest BCUT2D eigenvalue weighted by Gasteiger charge is -2.22. The first-order valence-electron chi connectivity index (χ1n) is 11.8. The molecule has 1 aliphatic rings. The summed E-state index contributed by atoms with van der Waals surface area (Å²) in [6.45, 7) is 4.30. The van der Waals surface area contributed by atoms with E-state index in [0.29, 0.717) is 23.0 Å². The second-order valence-corrected chi connectivity index (χ2v) is 9.41. The predicted molar refractivity (Wildman–Crippen MR) is 132 cm³/mol. The molecule has 4 aromatic rings. The molecular formula is C26H29N5O3. The summed E-state index contributed by atoms with van der Waals surface area (Å²) in [5, 5.41) is 7.97. The summed E-state index contributed by atoms with van der Waals surface area (Å²) in [5.74, 6) is 0.0658. The van der Waals surface area contributed by atoms with Crippen molar-refractivity contribution >= 4 is 22.6 Å². The van der Waals surface area contributed by atoms with Crippen LogP contribution in [0.15, 0.2) is 46.0 Å². The van der Waals surface area contributed by atoms with Crippen LogP contribution in [0.5, 0.6) is 0 Å². The van der Waals surface area contributed by atoms with E-state index in [1.165, 1.54) is 20.1 Å². The molecule has 2 aromatic carbocycles. The lowest BCUT2D eigenvalue weighted by atomic mass is 9.95.